The lowest BCUT2D eigenvalue weighted by Crippen LogP contribution is -2.35. The Hall–Kier alpha value is -2.60. The van der Waals surface area contributed by atoms with Crippen molar-refractivity contribution < 1.29 is 9.53 Å². The molecule has 3 aromatic rings. The first-order valence-electron chi connectivity index (χ1n) is 8.61. The lowest BCUT2D eigenvalue weighted by molar-refractivity contribution is -0.134. The van der Waals surface area contributed by atoms with Gasteiger partial charge in [0.05, 0.1) is 6.04 Å². The van der Waals surface area contributed by atoms with Crippen molar-refractivity contribution >= 4 is 23.2 Å². The molecular weight excluding hydrogens is 352 g/mol. The van der Waals surface area contributed by atoms with E-state index in [0.717, 1.165) is 29.9 Å². The highest BCUT2D eigenvalue weighted by molar-refractivity contribution is 6.30. The Morgan fingerprint density at radius 1 is 1.31 bits per heavy atom. The molecule has 6 nitrogen and oxygen atoms in total. The van der Waals surface area contributed by atoms with Crippen LogP contribution in [-0.2, 0) is 4.79 Å². The number of rotatable bonds is 4. The fourth-order valence-electron chi connectivity index (χ4n) is 3.42. The van der Waals surface area contributed by atoms with E-state index in [1.165, 1.54) is 0 Å². The molecule has 26 heavy (non-hydrogen) atoms. The predicted molar refractivity (Wildman–Crippen MR) is 98.4 cm³/mol. The third-order valence-electron chi connectivity index (χ3n) is 4.70. The zero-order valence-corrected chi connectivity index (χ0v) is 15.2. The zero-order valence-electron chi connectivity index (χ0n) is 14.4. The van der Waals surface area contributed by atoms with Gasteiger partial charge in [-0.2, -0.15) is 0 Å². The number of likely N-dealkylation sites (tertiary alicyclic amines) is 1. The number of hydrogen-bond donors (Lipinski definition) is 0. The summed E-state index contributed by atoms with van der Waals surface area (Å²) in [5.41, 5.74) is 1.70. The van der Waals surface area contributed by atoms with Crippen LogP contribution in [0.5, 0.6) is 5.75 Å². The number of halogens is 1. The van der Waals surface area contributed by atoms with Crippen molar-refractivity contribution in [2.75, 3.05) is 13.2 Å². The molecule has 0 aliphatic carbocycles. The number of aryl methyl sites for hydroxylation is 1. The number of carbonyl (C=O) groups is 1. The van der Waals surface area contributed by atoms with Crippen LogP contribution in [0.1, 0.15) is 30.3 Å². The summed E-state index contributed by atoms with van der Waals surface area (Å²) < 4.78 is 7.67. The van der Waals surface area contributed by atoms with Gasteiger partial charge in [-0.05, 0) is 55.7 Å². The topological polar surface area (TPSA) is 59.7 Å². The van der Waals surface area contributed by atoms with Gasteiger partial charge >= 0.3 is 0 Å². The van der Waals surface area contributed by atoms with Crippen LogP contribution in [0.2, 0.25) is 5.02 Å². The second-order valence-electron chi connectivity index (χ2n) is 6.43. The molecule has 7 heteroatoms. The number of amides is 1. The van der Waals surface area contributed by atoms with Crippen molar-refractivity contribution in [3.63, 3.8) is 0 Å². The number of hydrogen-bond acceptors (Lipinski definition) is 4. The molecule has 3 heterocycles. The van der Waals surface area contributed by atoms with Gasteiger partial charge in [0.15, 0.2) is 18.1 Å². The Morgan fingerprint density at radius 2 is 2.19 bits per heavy atom. The number of ether oxygens (including phenoxy) is 1. The summed E-state index contributed by atoms with van der Waals surface area (Å²) in [6.45, 7) is 2.61. The van der Waals surface area contributed by atoms with Crippen LogP contribution >= 0.6 is 11.6 Å². The van der Waals surface area contributed by atoms with Crippen LogP contribution in [-0.4, -0.2) is 38.6 Å². The van der Waals surface area contributed by atoms with E-state index in [-0.39, 0.29) is 18.6 Å². The lowest BCUT2D eigenvalue weighted by atomic mass is 10.2. The monoisotopic (exact) mass is 370 g/mol. The number of carbonyl (C=O) groups excluding carboxylic acids is 1. The van der Waals surface area contributed by atoms with Crippen molar-refractivity contribution in [2.24, 2.45) is 0 Å². The van der Waals surface area contributed by atoms with Gasteiger partial charge in [-0.25, -0.2) is 0 Å². The van der Waals surface area contributed by atoms with Crippen molar-refractivity contribution in [1.82, 2.24) is 19.5 Å². The lowest BCUT2D eigenvalue weighted by Gasteiger charge is -2.23. The number of pyridine rings is 1. The van der Waals surface area contributed by atoms with Gasteiger partial charge in [0, 0.05) is 17.8 Å². The van der Waals surface area contributed by atoms with Gasteiger partial charge < -0.3 is 9.64 Å². The van der Waals surface area contributed by atoms with E-state index >= 15 is 0 Å². The second-order valence-corrected chi connectivity index (χ2v) is 6.87. The molecule has 0 radical (unpaired) electrons. The van der Waals surface area contributed by atoms with Crippen molar-refractivity contribution in [3.05, 3.63) is 59.0 Å². The quantitative estimate of drug-likeness (QED) is 0.706. The molecule has 1 amide bonds. The molecule has 1 aliphatic rings. The second kappa shape index (κ2) is 6.96. The number of nitrogens with zero attached hydrogens (tertiary/aromatic N) is 4. The SMILES string of the molecule is Cc1cc(Cl)ccc1OCC(=O)N1CCC[C@@H]1c1nnc2ccccn12. The Morgan fingerprint density at radius 3 is 3.04 bits per heavy atom. The highest BCUT2D eigenvalue weighted by atomic mass is 35.5. The van der Waals surface area contributed by atoms with Crippen LogP contribution < -0.4 is 4.74 Å². The van der Waals surface area contributed by atoms with Crippen LogP contribution in [0.25, 0.3) is 5.65 Å². The Bertz CT molecular complexity index is 956. The van der Waals surface area contributed by atoms with Gasteiger partial charge in [0.1, 0.15) is 5.75 Å². The number of benzene rings is 1. The molecule has 1 aliphatic heterocycles. The van der Waals surface area contributed by atoms with E-state index in [1.54, 1.807) is 12.1 Å². The van der Waals surface area contributed by atoms with E-state index in [4.69, 9.17) is 16.3 Å². The molecule has 0 spiro atoms. The molecular formula is C19H19ClN4O2. The van der Waals surface area contributed by atoms with Gasteiger partial charge in [0.25, 0.3) is 5.91 Å². The highest BCUT2D eigenvalue weighted by Crippen LogP contribution is 2.31. The molecule has 1 fully saturated rings. The average molecular weight is 371 g/mol. The molecule has 1 atom stereocenters. The van der Waals surface area contributed by atoms with Crippen LogP contribution in [0.4, 0.5) is 0 Å². The zero-order chi connectivity index (χ0) is 18.1. The smallest absolute Gasteiger partial charge is 0.261 e. The normalized spacial score (nSPS) is 17.0. The van der Waals surface area contributed by atoms with Gasteiger partial charge in [-0.15, -0.1) is 10.2 Å². The maximum Gasteiger partial charge on any atom is 0.261 e. The maximum atomic E-state index is 12.8. The molecule has 2 aromatic heterocycles. The van der Waals surface area contributed by atoms with Crippen molar-refractivity contribution in [2.45, 2.75) is 25.8 Å². The predicted octanol–water partition coefficient (Wildman–Crippen LogP) is 3.43. The fraction of sp³-hybridized carbons (Fsp3) is 0.316. The summed E-state index contributed by atoms with van der Waals surface area (Å²) in [5, 5.41) is 9.17. The molecule has 1 aromatic carbocycles. The first-order chi connectivity index (χ1) is 12.6. The summed E-state index contributed by atoms with van der Waals surface area (Å²) >= 11 is 5.96. The van der Waals surface area contributed by atoms with Crippen LogP contribution in [0.15, 0.2) is 42.6 Å². The van der Waals surface area contributed by atoms with Gasteiger partial charge in [-0.1, -0.05) is 17.7 Å². The number of aromatic nitrogens is 3. The van der Waals surface area contributed by atoms with Crippen LogP contribution in [0.3, 0.4) is 0 Å². The summed E-state index contributed by atoms with van der Waals surface area (Å²) in [4.78, 5) is 14.6. The number of fused-ring (bicyclic) bond motifs is 1. The Labute approximate surface area is 156 Å². The standard InChI is InChI=1S/C19H19ClN4O2/c1-13-11-14(20)7-8-16(13)26-12-18(25)23-10-4-5-15(23)19-22-21-17-6-2-3-9-24(17)19/h2-3,6-9,11,15H,4-5,10,12H2,1H3/t15-/m1/s1. The Balaban J connectivity index is 1.50. The molecule has 0 N–H and O–H groups in total. The highest BCUT2D eigenvalue weighted by Gasteiger charge is 2.33. The summed E-state index contributed by atoms with van der Waals surface area (Å²) in [5.74, 6) is 1.43. The fourth-order valence-corrected chi connectivity index (χ4v) is 3.64. The van der Waals surface area contributed by atoms with Gasteiger partial charge in [0.2, 0.25) is 0 Å². The largest absolute Gasteiger partial charge is 0.483 e. The molecule has 4 rings (SSSR count). The third kappa shape index (κ3) is 3.12. The van der Waals surface area contributed by atoms with Crippen LogP contribution in [0, 0.1) is 6.92 Å². The van der Waals surface area contributed by atoms with E-state index in [9.17, 15) is 4.79 Å². The molecule has 134 valence electrons. The Kier molecular flexibility index (Phi) is 4.51. The summed E-state index contributed by atoms with van der Waals surface area (Å²) in [7, 11) is 0. The summed E-state index contributed by atoms with van der Waals surface area (Å²) in [6.07, 6.45) is 3.75. The van der Waals surface area contributed by atoms with E-state index in [2.05, 4.69) is 10.2 Å². The molecule has 0 saturated carbocycles. The molecule has 0 bridgehead atoms. The average Bonchev–Trinajstić information content (AvgIpc) is 3.27. The van der Waals surface area contributed by atoms with E-state index in [0.29, 0.717) is 17.3 Å². The summed E-state index contributed by atoms with van der Waals surface area (Å²) in [6, 6.07) is 11.1. The van der Waals surface area contributed by atoms with Gasteiger partial charge in [-0.3, -0.25) is 9.20 Å². The first kappa shape index (κ1) is 16.8. The van der Waals surface area contributed by atoms with Crippen molar-refractivity contribution in [1.29, 1.82) is 0 Å². The third-order valence-corrected chi connectivity index (χ3v) is 4.93. The van der Waals surface area contributed by atoms with E-state index in [1.807, 2.05) is 46.7 Å². The molecule has 0 unspecified atom stereocenters. The minimum atomic E-state index is -0.0742. The molecule has 1 saturated heterocycles. The minimum absolute atomic E-state index is 0.00426. The first-order valence-corrected chi connectivity index (χ1v) is 8.99. The maximum absolute atomic E-state index is 12.8. The van der Waals surface area contributed by atoms with E-state index < -0.39 is 0 Å². The minimum Gasteiger partial charge on any atom is -0.483 e. The van der Waals surface area contributed by atoms with Crippen molar-refractivity contribution in [3.8, 4) is 5.75 Å².